The molecule has 0 aliphatic rings. The monoisotopic (exact) mass is 290 g/mol. The van der Waals surface area contributed by atoms with Gasteiger partial charge in [0.1, 0.15) is 0 Å². The summed E-state index contributed by atoms with van der Waals surface area (Å²) in [5.41, 5.74) is 0.950. The van der Waals surface area contributed by atoms with E-state index in [4.69, 9.17) is 4.74 Å². The molecule has 2 nitrogen and oxygen atoms in total. The first kappa shape index (κ1) is 10.4. The number of hydrogen-bond donors (Lipinski definition) is 1. The van der Waals surface area contributed by atoms with Crippen LogP contribution in [0.3, 0.4) is 0 Å². The second kappa shape index (κ2) is 4.50. The number of phenols is 1. The van der Waals surface area contributed by atoms with Crippen LogP contribution < -0.4 is 4.74 Å². The van der Waals surface area contributed by atoms with E-state index < -0.39 is 0 Å². The molecule has 1 aromatic carbocycles. The van der Waals surface area contributed by atoms with Crippen LogP contribution in [0.25, 0.3) is 6.08 Å². The van der Waals surface area contributed by atoms with Crippen LogP contribution in [0.15, 0.2) is 18.7 Å². The first-order chi connectivity index (χ1) is 6.19. The van der Waals surface area contributed by atoms with Gasteiger partial charge in [0.15, 0.2) is 11.5 Å². The summed E-state index contributed by atoms with van der Waals surface area (Å²) in [4.78, 5) is 0. The molecule has 70 valence electrons. The van der Waals surface area contributed by atoms with Crippen molar-refractivity contribution in [2.45, 2.75) is 6.92 Å². The molecule has 1 rings (SSSR count). The molecule has 3 heteroatoms. The molecule has 0 bridgehead atoms. The van der Waals surface area contributed by atoms with Crippen LogP contribution >= 0.6 is 22.6 Å². The molecular formula is C10H11IO2. The molecule has 0 aromatic heterocycles. The van der Waals surface area contributed by atoms with E-state index in [0.29, 0.717) is 12.4 Å². The number of hydrogen-bond acceptors (Lipinski definition) is 2. The van der Waals surface area contributed by atoms with Crippen LogP contribution in [-0.2, 0) is 0 Å². The Labute approximate surface area is 91.4 Å². The van der Waals surface area contributed by atoms with Crippen molar-refractivity contribution in [2.24, 2.45) is 0 Å². The van der Waals surface area contributed by atoms with Gasteiger partial charge in [0.25, 0.3) is 0 Å². The fraction of sp³-hybridized carbons (Fsp3) is 0.200. The van der Waals surface area contributed by atoms with Crippen molar-refractivity contribution in [1.82, 2.24) is 0 Å². The summed E-state index contributed by atoms with van der Waals surface area (Å²) in [5.74, 6) is 0.720. The van der Waals surface area contributed by atoms with Crippen molar-refractivity contribution in [1.29, 1.82) is 0 Å². The smallest absolute Gasteiger partial charge is 0.171 e. The fourth-order valence-electron chi connectivity index (χ4n) is 0.977. The maximum Gasteiger partial charge on any atom is 0.171 e. The summed E-state index contributed by atoms with van der Waals surface area (Å²) in [6, 6.07) is 3.62. The zero-order chi connectivity index (χ0) is 9.84. The second-order valence-corrected chi connectivity index (χ2v) is 3.65. The highest BCUT2D eigenvalue weighted by atomic mass is 127. The van der Waals surface area contributed by atoms with Crippen molar-refractivity contribution >= 4 is 28.7 Å². The van der Waals surface area contributed by atoms with Crippen LogP contribution in [0.5, 0.6) is 11.5 Å². The number of phenolic OH excluding ortho intramolecular Hbond substituents is 1. The van der Waals surface area contributed by atoms with E-state index in [1.807, 2.05) is 13.0 Å². The lowest BCUT2D eigenvalue weighted by molar-refractivity contribution is 0.317. The average molecular weight is 290 g/mol. The van der Waals surface area contributed by atoms with Crippen LogP contribution in [0.1, 0.15) is 12.5 Å². The Kier molecular flexibility index (Phi) is 3.59. The Bertz CT molecular complexity index is 321. The third kappa shape index (κ3) is 2.37. The summed E-state index contributed by atoms with van der Waals surface area (Å²) in [7, 11) is 0. The summed E-state index contributed by atoms with van der Waals surface area (Å²) in [5, 5.41) is 9.58. The van der Waals surface area contributed by atoms with Crippen LogP contribution in [0.4, 0.5) is 0 Å². The predicted octanol–water partition coefficient (Wildman–Crippen LogP) is 3.04. The SMILES string of the molecule is C=Cc1cc(I)c(O)c(OCC)c1. The van der Waals surface area contributed by atoms with Gasteiger partial charge >= 0.3 is 0 Å². The van der Waals surface area contributed by atoms with E-state index in [0.717, 1.165) is 9.13 Å². The van der Waals surface area contributed by atoms with Gasteiger partial charge in [-0.2, -0.15) is 0 Å². The topological polar surface area (TPSA) is 29.5 Å². The number of benzene rings is 1. The van der Waals surface area contributed by atoms with E-state index in [1.54, 1.807) is 12.1 Å². The highest BCUT2D eigenvalue weighted by Crippen LogP contribution is 2.32. The maximum absolute atomic E-state index is 9.58. The minimum Gasteiger partial charge on any atom is -0.504 e. The van der Waals surface area contributed by atoms with E-state index >= 15 is 0 Å². The molecule has 0 atom stereocenters. The largest absolute Gasteiger partial charge is 0.504 e. The Morgan fingerprint density at radius 3 is 2.85 bits per heavy atom. The van der Waals surface area contributed by atoms with Crippen LogP contribution in [-0.4, -0.2) is 11.7 Å². The summed E-state index contributed by atoms with van der Waals surface area (Å²) in [6.07, 6.45) is 1.73. The van der Waals surface area contributed by atoms with E-state index in [2.05, 4.69) is 29.2 Å². The lowest BCUT2D eigenvalue weighted by Crippen LogP contribution is -1.93. The zero-order valence-electron chi connectivity index (χ0n) is 7.38. The van der Waals surface area contributed by atoms with Gasteiger partial charge in [0, 0.05) is 0 Å². The molecule has 0 saturated heterocycles. The molecule has 0 amide bonds. The summed E-state index contributed by atoms with van der Waals surface area (Å²) < 4.78 is 6.03. The van der Waals surface area contributed by atoms with Gasteiger partial charge in [-0.3, -0.25) is 0 Å². The maximum atomic E-state index is 9.58. The molecule has 1 aromatic rings. The molecule has 0 heterocycles. The second-order valence-electron chi connectivity index (χ2n) is 2.49. The lowest BCUT2D eigenvalue weighted by Gasteiger charge is -2.08. The van der Waals surface area contributed by atoms with Gasteiger partial charge in [0.2, 0.25) is 0 Å². The third-order valence-electron chi connectivity index (χ3n) is 1.59. The first-order valence-corrected chi connectivity index (χ1v) is 5.04. The fourth-order valence-corrected chi connectivity index (χ4v) is 1.60. The van der Waals surface area contributed by atoms with Gasteiger partial charge in [-0.05, 0) is 47.2 Å². The van der Waals surface area contributed by atoms with Crippen LogP contribution in [0, 0.1) is 3.57 Å². The summed E-state index contributed by atoms with van der Waals surface area (Å²) in [6.45, 7) is 6.09. The van der Waals surface area contributed by atoms with E-state index in [1.165, 1.54) is 0 Å². The van der Waals surface area contributed by atoms with E-state index in [-0.39, 0.29) is 5.75 Å². The van der Waals surface area contributed by atoms with E-state index in [9.17, 15) is 5.11 Å². The molecule has 0 saturated carbocycles. The molecule has 0 radical (unpaired) electrons. The van der Waals surface area contributed by atoms with Gasteiger partial charge < -0.3 is 9.84 Å². The van der Waals surface area contributed by atoms with Gasteiger partial charge in [-0.25, -0.2) is 0 Å². The highest BCUT2D eigenvalue weighted by Gasteiger charge is 2.07. The number of rotatable bonds is 3. The molecule has 0 fully saturated rings. The number of ether oxygens (including phenoxy) is 1. The predicted molar refractivity (Wildman–Crippen MR) is 62.1 cm³/mol. The van der Waals surface area contributed by atoms with Gasteiger partial charge in [0.05, 0.1) is 10.2 Å². The number of aromatic hydroxyl groups is 1. The summed E-state index contributed by atoms with van der Waals surface area (Å²) >= 11 is 2.06. The molecule has 0 spiro atoms. The van der Waals surface area contributed by atoms with Crippen molar-refractivity contribution in [3.8, 4) is 11.5 Å². The van der Waals surface area contributed by atoms with Crippen molar-refractivity contribution in [3.05, 3.63) is 27.8 Å². The van der Waals surface area contributed by atoms with Gasteiger partial charge in [-0.1, -0.05) is 12.7 Å². The quantitative estimate of drug-likeness (QED) is 0.867. The van der Waals surface area contributed by atoms with Crippen LogP contribution in [0.2, 0.25) is 0 Å². The molecule has 0 aliphatic carbocycles. The Balaban J connectivity index is 3.16. The molecule has 13 heavy (non-hydrogen) atoms. The molecular weight excluding hydrogens is 279 g/mol. The lowest BCUT2D eigenvalue weighted by atomic mass is 10.2. The number of halogens is 1. The minimum absolute atomic E-state index is 0.202. The zero-order valence-corrected chi connectivity index (χ0v) is 9.54. The average Bonchev–Trinajstić information content (AvgIpc) is 2.13. The Hall–Kier alpha value is -0.710. The molecule has 1 N–H and O–H groups in total. The van der Waals surface area contributed by atoms with Gasteiger partial charge in [-0.15, -0.1) is 0 Å². The normalized spacial score (nSPS) is 9.69. The Morgan fingerprint density at radius 1 is 1.62 bits per heavy atom. The highest BCUT2D eigenvalue weighted by molar-refractivity contribution is 14.1. The minimum atomic E-state index is 0.202. The molecule has 0 aliphatic heterocycles. The third-order valence-corrected chi connectivity index (χ3v) is 2.41. The first-order valence-electron chi connectivity index (χ1n) is 3.96. The Morgan fingerprint density at radius 2 is 2.31 bits per heavy atom. The van der Waals surface area contributed by atoms with Crippen molar-refractivity contribution < 1.29 is 9.84 Å². The van der Waals surface area contributed by atoms with Crippen molar-refractivity contribution in [2.75, 3.05) is 6.61 Å². The standard InChI is InChI=1S/C10H11IO2/c1-3-7-5-8(11)10(12)9(6-7)13-4-2/h3,5-6,12H,1,4H2,2H3. The molecule has 0 unspecified atom stereocenters. The van der Waals surface area contributed by atoms with Crippen molar-refractivity contribution in [3.63, 3.8) is 0 Å².